The Hall–Kier alpha value is -0.830. The molecule has 0 aromatic carbocycles. The highest BCUT2D eigenvalue weighted by molar-refractivity contribution is 5.76. The summed E-state index contributed by atoms with van der Waals surface area (Å²) in [5.74, 6) is 0.262. The number of carbonyl (C=O) groups is 1. The van der Waals surface area contributed by atoms with Gasteiger partial charge in [0.2, 0.25) is 5.91 Å². The molecule has 0 unspecified atom stereocenters. The van der Waals surface area contributed by atoms with Crippen LogP contribution in [0.5, 0.6) is 0 Å². The first-order valence-corrected chi connectivity index (χ1v) is 5.82. The second kappa shape index (κ2) is 8.48. The maximum Gasteiger partial charge on any atom is 0.224 e. The molecule has 15 heavy (non-hydrogen) atoms. The Balaban J connectivity index is 0.000000921. The highest BCUT2D eigenvalue weighted by atomic mass is 16.2. The Morgan fingerprint density at radius 1 is 1.53 bits per heavy atom. The van der Waals surface area contributed by atoms with Gasteiger partial charge in [0.15, 0.2) is 0 Å². The molecule has 1 heterocycles. The summed E-state index contributed by atoms with van der Waals surface area (Å²) in [6.45, 7) is 8.59. The van der Waals surface area contributed by atoms with E-state index in [-0.39, 0.29) is 5.91 Å². The van der Waals surface area contributed by atoms with Crippen molar-refractivity contribution in [2.24, 2.45) is 0 Å². The van der Waals surface area contributed by atoms with Gasteiger partial charge in [0.05, 0.1) is 0 Å². The minimum Gasteiger partial charge on any atom is -0.339 e. The highest BCUT2D eigenvalue weighted by Gasteiger charge is 2.14. The van der Waals surface area contributed by atoms with Crippen molar-refractivity contribution < 1.29 is 4.79 Å². The summed E-state index contributed by atoms with van der Waals surface area (Å²) in [6, 6.07) is 0. The molecule has 0 fully saturated rings. The molecular weight excluding hydrogens is 188 g/mol. The molecule has 88 valence electrons. The molecule has 1 rings (SSSR count). The fourth-order valence-corrected chi connectivity index (χ4v) is 1.39. The third-order valence-corrected chi connectivity index (χ3v) is 2.38. The summed E-state index contributed by atoms with van der Waals surface area (Å²) >= 11 is 0. The first kappa shape index (κ1) is 14.2. The van der Waals surface area contributed by atoms with E-state index in [1.807, 2.05) is 25.8 Å². The summed E-state index contributed by atoms with van der Waals surface area (Å²) in [7, 11) is 1.87. The van der Waals surface area contributed by atoms with E-state index < -0.39 is 0 Å². The third kappa shape index (κ3) is 5.57. The molecular formula is C12H24N2O. The van der Waals surface area contributed by atoms with Crippen LogP contribution in [0.2, 0.25) is 0 Å². The lowest BCUT2D eigenvalue weighted by Crippen LogP contribution is -2.35. The van der Waals surface area contributed by atoms with Crippen LogP contribution < -0.4 is 5.32 Å². The van der Waals surface area contributed by atoms with E-state index in [0.717, 1.165) is 26.1 Å². The van der Waals surface area contributed by atoms with E-state index in [1.165, 1.54) is 5.57 Å². The molecule has 0 aliphatic carbocycles. The van der Waals surface area contributed by atoms with Gasteiger partial charge < -0.3 is 10.2 Å². The largest absolute Gasteiger partial charge is 0.339 e. The minimum absolute atomic E-state index is 0.262. The number of nitrogens with one attached hydrogen (secondary N) is 1. The summed E-state index contributed by atoms with van der Waals surface area (Å²) in [5, 5.41) is 2.98. The van der Waals surface area contributed by atoms with Gasteiger partial charge in [-0.2, -0.15) is 0 Å². The van der Waals surface area contributed by atoms with Gasteiger partial charge in [0.1, 0.15) is 0 Å². The van der Waals surface area contributed by atoms with E-state index in [2.05, 4.69) is 18.3 Å². The average Bonchev–Trinajstić information content (AvgIpc) is 2.29. The third-order valence-electron chi connectivity index (χ3n) is 2.38. The van der Waals surface area contributed by atoms with E-state index >= 15 is 0 Å². The van der Waals surface area contributed by atoms with E-state index in [4.69, 9.17) is 0 Å². The van der Waals surface area contributed by atoms with Gasteiger partial charge in [0, 0.05) is 26.1 Å². The Morgan fingerprint density at radius 3 is 2.67 bits per heavy atom. The molecule has 1 aliphatic rings. The van der Waals surface area contributed by atoms with Crippen LogP contribution in [0, 0.1) is 0 Å². The van der Waals surface area contributed by atoms with E-state index in [0.29, 0.717) is 6.42 Å². The SMILES string of the molecule is CC.CNCCC(=O)N1CC=C(C)CC1. The van der Waals surface area contributed by atoms with Crippen LogP contribution in [0.15, 0.2) is 11.6 Å². The van der Waals surface area contributed by atoms with Gasteiger partial charge >= 0.3 is 0 Å². The first-order chi connectivity index (χ1) is 7.24. The van der Waals surface area contributed by atoms with Gasteiger partial charge in [-0.05, 0) is 20.4 Å². The highest BCUT2D eigenvalue weighted by Crippen LogP contribution is 2.09. The summed E-state index contributed by atoms with van der Waals surface area (Å²) in [6.07, 6.45) is 3.79. The van der Waals surface area contributed by atoms with E-state index in [9.17, 15) is 4.79 Å². The summed E-state index contributed by atoms with van der Waals surface area (Å²) in [5.41, 5.74) is 1.40. The molecule has 0 aromatic rings. The zero-order valence-electron chi connectivity index (χ0n) is 10.5. The smallest absolute Gasteiger partial charge is 0.224 e. The first-order valence-electron chi connectivity index (χ1n) is 5.82. The number of amides is 1. The lowest BCUT2D eigenvalue weighted by atomic mass is 10.1. The second-order valence-electron chi connectivity index (χ2n) is 3.49. The van der Waals surface area contributed by atoms with Gasteiger partial charge in [-0.3, -0.25) is 4.79 Å². The van der Waals surface area contributed by atoms with Crippen LogP contribution in [0.3, 0.4) is 0 Å². The molecule has 0 saturated carbocycles. The van der Waals surface area contributed by atoms with Gasteiger partial charge in [-0.1, -0.05) is 25.5 Å². The number of rotatable bonds is 3. The Morgan fingerprint density at radius 2 is 2.20 bits per heavy atom. The average molecular weight is 212 g/mol. The molecule has 3 heteroatoms. The minimum atomic E-state index is 0.262. The summed E-state index contributed by atoms with van der Waals surface area (Å²) < 4.78 is 0. The van der Waals surface area contributed by atoms with Crippen molar-refractivity contribution in [3.05, 3.63) is 11.6 Å². The van der Waals surface area contributed by atoms with Crippen molar-refractivity contribution in [3.8, 4) is 0 Å². The van der Waals surface area contributed by atoms with E-state index in [1.54, 1.807) is 0 Å². The van der Waals surface area contributed by atoms with Crippen molar-refractivity contribution in [2.45, 2.75) is 33.6 Å². The molecule has 0 aromatic heterocycles. The number of carbonyl (C=O) groups excluding carboxylic acids is 1. The maximum absolute atomic E-state index is 11.5. The normalized spacial score (nSPS) is 15.2. The molecule has 1 amide bonds. The molecule has 0 bridgehead atoms. The Bertz CT molecular complexity index is 212. The molecule has 0 atom stereocenters. The molecule has 3 nitrogen and oxygen atoms in total. The van der Waals surface area contributed by atoms with Crippen molar-refractivity contribution in [3.63, 3.8) is 0 Å². The number of hydrogen-bond donors (Lipinski definition) is 1. The van der Waals surface area contributed by atoms with Crippen LogP contribution >= 0.6 is 0 Å². The maximum atomic E-state index is 11.5. The van der Waals surface area contributed by atoms with Gasteiger partial charge in [-0.15, -0.1) is 0 Å². The van der Waals surface area contributed by atoms with Gasteiger partial charge in [0.25, 0.3) is 0 Å². The van der Waals surface area contributed by atoms with Crippen molar-refractivity contribution in [2.75, 3.05) is 26.7 Å². The van der Waals surface area contributed by atoms with Crippen LogP contribution in [-0.4, -0.2) is 37.5 Å². The summed E-state index contributed by atoms with van der Waals surface area (Å²) in [4.78, 5) is 13.4. The Labute approximate surface area is 93.5 Å². The number of nitrogens with zero attached hydrogens (tertiary/aromatic N) is 1. The zero-order valence-corrected chi connectivity index (χ0v) is 10.5. The Kier molecular flexibility index (Phi) is 8.01. The second-order valence-corrected chi connectivity index (χ2v) is 3.49. The number of hydrogen-bond acceptors (Lipinski definition) is 2. The topological polar surface area (TPSA) is 32.3 Å². The fourth-order valence-electron chi connectivity index (χ4n) is 1.39. The quantitative estimate of drug-likeness (QED) is 0.724. The predicted octanol–water partition coefficient (Wildman–Crippen LogP) is 1.80. The molecule has 0 spiro atoms. The predicted molar refractivity (Wildman–Crippen MR) is 64.8 cm³/mol. The fraction of sp³-hybridized carbons (Fsp3) is 0.750. The van der Waals surface area contributed by atoms with Crippen LogP contribution in [0.4, 0.5) is 0 Å². The van der Waals surface area contributed by atoms with Crippen LogP contribution in [-0.2, 0) is 4.79 Å². The standard InChI is InChI=1S/C10H18N2O.C2H6/c1-9-4-7-12(8-5-9)10(13)3-6-11-2;1-2/h4,11H,3,5-8H2,1-2H3;1-2H3. The lowest BCUT2D eigenvalue weighted by molar-refractivity contribution is -0.130. The monoisotopic (exact) mass is 212 g/mol. The zero-order chi connectivity index (χ0) is 11.7. The molecule has 1 aliphatic heterocycles. The lowest BCUT2D eigenvalue weighted by Gasteiger charge is -2.25. The van der Waals surface area contributed by atoms with Crippen LogP contribution in [0.25, 0.3) is 0 Å². The van der Waals surface area contributed by atoms with Crippen molar-refractivity contribution >= 4 is 5.91 Å². The van der Waals surface area contributed by atoms with Gasteiger partial charge in [-0.25, -0.2) is 0 Å². The molecule has 0 saturated heterocycles. The molecule has 0 radical (unpaired) electrons. The van der Waals surface area contributed by atoms with Crippen molar-refractivity contribution in [1.29, 1.82) is 0 Å². The van der Waals surface area contributed by atoms with Crippen molar-refractivity contribution in [1.82, 2.24) is 10.2 Å². The molecule has 1 N–H and O–H groups in total. The van der Waals surface area contributed by atoms with Crippen LogP contribution in [0.1, 0.15) is 33.6 Å².